The zero-order valence-corrected chi connectivity index (χ0v) is 18.7. The minimum atomic E-state index is -0.115. The second-order valence-electron chi connectivity index (χ2n) is 7.28. The average molecular weight is 441 g/mol. The Morgan fingerprint density at radius 1 is 1.17 bits per heavy atom. The van der Waals surface area contributed by atoms with Crippen LogP contribution in [-0.2, 0) is 24.2 Å². The number of rotatable bonds is 7. The van der Waals surface area contributed by atoms with Gasteiger partial charge >= 0.3 is 0 Å². The molecule has 156 valence electrons. The molecule has 3 aromatic rings. The molecule has 0 spiro atoms. The first kappa shape index (κ1) is 20.8. The second kappa shape index (κ2) is 9.14. The molecule has 1 aliphatic rings. The average Bonchev–Trinajstić information content (AvgIpc) is 3.36. The van der Waals surface area contributed by atoms with Crippen molar-refractivity contribution in [1.29, 1.82) is 0 Å². The number of carbonyl (C=O) groups excluding carboxylic acids is 2. The van der Waals surface area contributed by atoms with E-state index >= 15 is 0 Å². The predicted molar refractivity (Wildman–Crippen MR) is 121 cm³/mol. The summed E-state index contributed by atoms with van der Waals surface area (Å²) in [7, 11) is 0. The minimum Gasteiger partial charge on any atom is -0.325 e. The van der Waals surface area contributed by atoms with Crippen molar-refractivity contribution in [2.24, 2.45) is 0 Å². The highest BCUT2D eigenvalue weighted by Crippen LogP contribution is 2.36. The summed E-state index contributed by atoms with van der Waals surface area (Å²) in [6.07, 6.45) is 4.76. The van der Waals surface area contributed by atoms with E-state index in [0.29, 0.717) is 11.3 Å². The lowest BCUT2D eigenvalue weighted by Gasteiger charge is -2.13. The van der Waals surface area contributed by atoms with Gasteiger partial charge in [-0.25, -0.2) is 0 Å². The molecule has 0 saturated heterocycles. The van der Waals surface area contributed by atoms with E-state index in [0.717, 1.165) is 30.4 Å². The van der Waals surface area contributed by atoms with Crippen molar-refractivity contribution >= 4 is 40.5 Å². The molecule has 0 saturated carbocycles. The Labute approximate surface area is 184 Å². The van der Waals surface area contributed by atoms with E-state index in [1.54, 1.807) is 24.3 Å². The van der Waals surface area contributed by atoms with Gasteiger partial charge in [0.25, 0.3) is 0 Å². The molecule has 0 unspecified atom stereocenters. The summed E-state index contributed by atoms with van der Waals surface area (Å²) >= 11 is 3.21. The molecule has 4 rings (SSSR count). The normalized spacial score (nSPS) is 13.1. The van der Waals surface area contributed by atoms with E-state index in [2.05, 4.69) is 32.4 Å². The van der Waals surface area contributed by atoms with E-state index < -0.39 is 0 Å². The monoisotopic (exact) mass is 440 g/mol. The lowest BCUT2D eigenvalue weighted by Crippen LogP contribution is -2.14. The number of ketones is 1. The topological polar surface area (TPSA) is 76.9 Å². The van der Waals surface area contributed by atoms with Gasteiger partial charge in [-0.05, 0) is 69.4 Å². The SMILES string of the molecule is CCn1c(SCC(=O)Nc2ccc(C(C)=O)cc2)nnc1-c1csc2c1CCCC2. The Morgan fingerprint density at radius 3 is 2.67 bits per heavy atom. The highest BCUT2D eigenvalue weighted by atomic mass is 32.2. The van der Waals surface area contributed by atoms with Crippen LogP contribution >= 0.6 is 23.1 Å². The molecule has 0 atom stereocenters. The number of benzene rings is 1. The standard InChI is InChI=1S/C22H24N4O2S2/c1-3-26-21(18-12-29-19-7-5-4-6-17(18)19)24-25-22(26)30-13-20(28)23-16-10-8-15(9-11-16)14(2)27/h8-12H,3-7,13H2,1-2H3,(H,23,28). The summed E-state index contributed by atoms with van der Waals surface area (Å²) in [5.74, 6) is 1.04. The van der Waals surface area contributed by atoms with Crippen LogP contribution in [0.2, 0.25) is 0 Å². The number of hydrogen-bond acceptors (Lipinski definition) is 6. The molecule has 0 bridgehead atoms. The summed E-state index contributed by atoms with van der Waals surface area (Å²) in [6.45, 7) is 4.35. The lowest BCUT2D eigenvalue weighted by atomic mass is 9.96. The van der Waals surface area contributed by atoms with Gasteiger partial charge in [-0.3, -0.25) is 9.59 Å². The van der Waals surface area contributed by atoms with Crippen LogP contribution in [0.25, 0.3) is 11.4 Å². The summed E-state index contributed by atoms with van der Waals surface area (Å²) in [6, 6.07) is 6.91. The Bertz CT molecular complexity index is 1070. The van der Waals surface area contributed by atoms with Gasteiger partial charge in [0.1, 0.15) is 0 Å². The molecule has 0 aliphatic heterocycles. The number of Topliss-reactive ketones (excluding diaryl/α,β-unsaturated/α-hetero) is 1. The molecular formula is C22H24N4O2S2. The largest absolute Gasteiger partial charge is 0.325 e. The molecule has 1 amide bonds. The first-order valence-corrected chi connectivity index (χ1v) is 12.0. The zero-order valence-electron chi connectivity index (χ0n) is 17.1. The maximum absolute atomic E-state index is 12.4. The summed E-state index contributed by atoms with van der Waals surface area (Å²) in [5.41, 5.74) is 3.93. The summed E-state index contributed by atoms with van der Waals surface area (Å²) < 4.78 is 2.09. The van der Waals surface area contributed by atoms with Crippen LogP contribution in [0.15, 0.2) is 34.8 Å². The van der Waals surface area contributed by atoms with Crippen molar-refractivity contribution in [3.05, 3.63) is 45.6 Å². The first-order chi connectivity index (χ1) is 14.6. The van der Waals surface area contributed by atoms with E-state index in [1.807, 2.05) is 11.3 Å². The third-order valence-corrected chi connectivity index (χ3v) is 7.30. The van der Waals surface area contributed by atoms with Gasteiger partial charge in [0.15, 0.2) is 16.8 Å². The minimum absolute atomic E-state index is 0.00465. The molecule has 0 radical (unpaired) electrons. The van der Waals surface area contributed by atoms with Gasteiger partial charge in [0.2, 0.25) is 5.91 Å². The van der Waals surface area contributed by atoms with Crippen molar-refractivity contribution in [3.63, 3.8) is 0 Å². The molecule has 1 aromatic carbocycles. The number of aryl methyl sites for hydroxylation is 1. The fourth-order valence-electron chi connectivity index (χ4n) is 3.68. The third kappa shape index (κ3) is 4.34. The molecule has 1 aliphatic carbocycles. The van der Waals surface area contributed by atoms with Crippen LogP contribution in [0.1, 0.15) is 47.5 Å². The molecule has 1 N–H and O–H groups in total. The number of carbonyl (C=O) groups is 2. The van der Waals surface area contributed by atoms with Gasteiger partial charge < -0.3 is 9.88 Å². The number of amides is 1. The first-order valence-electron chi connectivity index (χ1n) is 10.1. The number of fused-ring (bicyclic) bond motifs is 1. The predicted octanol–water partition coefficient (Wildman–Crippen LogP) is 4.84. The van der Waals surface area contributed by atoms with Crippen molar-refractivity contribution in [3.8, 4) is 11.4 Å². The highest BCUT2D eigenvalue weighted by molar-refractivity contribution is 7.99. The fourth-order valence-corrected chi connectivity index (χ4v) is 5.60. The Morgan fingerprint density at radius 2 is 1.93 bits per heavy atom. The highest BCUT2D eigenvalue weighted by Gasteiger charge is 2.22. The molecule has 2 heterocycles. The van der Waals surface area contributed by atoms with E-state index in [4.69, 9.17) is 0 Å². The molecule has 8 heteroatoms. The number of aromatic nitrogens is 3. The molecule has 6 nitrogen and oxygen atoms in total. The lowest BCUT2D eigenvalue weighted by molar-refractivity contribution is -0.113. The van der Waals surface area contributed by atoms with E-state index in [9.17, 15) is 9.59 Å². The van der Waals surface area contributed by atoms with Gasteiger partial charge in [-0.2, -0.15) is 0 Å². The zero-order chi connectivity index (χ0) is 21.1. The quantitative estimate of drug-likeness (QED) is 0.420. The van der Waals surface area contributed by atoms with Crippen LogP contribution < -0.4 is 5.32 Å². The van der Waals surface area contributed by atoms with E-state index in [-0.39, 0.29) is 17.4 Å². The van der Waals surface area contributed by atoms with Crippen LogP contribution in [-0.4, -0.2) is 32.2 Å². The van der Waals surface area contributed by atoms with Crippen molar-refractivity contribution < 1.29 is 9.59 Å². The number of thiophene rings is 1. The smallest absolute Gasteiger partial charge is 0.234 e. The summed E-state index contributed by atoms with van der Waals surface area (Å²) in [5, 5.41) is 14.7. The van der Waals surface area contributed by atoms with Gasteiger partial charge in [0, 0.05) is 33.6 Å². The van der Waals surface area contributed by atoms with Crippen LogP contribution in [0.4, 0.5) is 5.69 Å². The Hall–Kier alpha value is -2.45. The fraction of sp³-hybridized carbons (Fsp3) is 0.364. The molecule has 0 fully saturated rings. The number of anilines is 1. The Balaban J connectivity index is 1.43. The second-order valence-corrected chi connectivity index (χ2v) is 9.19. The van der Waals surface area contributed by atoms with E-state index in [1.165, 1.54) is 47.5 Å². The van der Waals surface area contributed by atoms with Crippen molar-refractivity contribution in [2.45, 2.75) is 51.2 Å². The maximum Gasteiger partial charge on any atom is 0.234 e. The van der Waals surface area contributed by atoms with Gasteiger partial charge in [-0.15, -0.1) is 21.5 Å². The number of hydrogen-bond donors (Lipinski definition) is 1. The van der Waals surface area contributed by atoms with Gasteiger partial charge in [0.05, 0.1) is 5.75 Å². The van der Waals surface area contributed by atoms with Crippen LogP contribution in [0.3, 0.4) is 0 Å². The van der Waals surface area contributed by atoms with Crippen LogP contribution in [0.5, 0.6) is 0 Å². The number of thioether (sulfide) groups is 1. The number of nitrogens with zero attached hydrogens (tertiary/aromatic N) is 3. The summed E-state index contributed by atoms with van der Waals surface area (Å²) in [4.78, 5) is 25.2. The molecular weight excluding hydrogens is 416 g/mol. The number of nitrogens with one attached hydrogen (secondary N) is 1. The Kier molecular flexibility index (Phi) is 6.34. The molecule has 2 aromatic heterocycles. The van der Waals surface area contributed by atoms with Crippen LogP contribution in [0, 0.1) is 0 Å². The third-order valence-electron chi connectivity index (χ3n) is 5.24. The van der Waals surface area contributed by atoms with Crippen molar-refractivity contribution in [1.82, 2.24) is 14.8 Å². The maximum atomic E-state index is 12.4. The molecule has 30 heavy (non-hydrogen) atoms. The van der Waals surface area contributed by atoms with Gasteiger partial charge in [-0.1, -0.05) is 11.8 Å². The van der Waals surface area contributed by atoms with Crippen molar-refractivity contribution in [2.75, 3.05) is 11.1 Å².